The first kappa shape index (κ1) is 25.4. The van der Waals surface area contributed by atoms with Gasteiger partial charge < -0.3 is 20.1 Å². The molecule has 26 heavy (non-hydrogen) atoms. The molecule has 0 aliphatic carbocycles. The molecule has 0 aromatic heterocycles. The molecule has 156 valence electrons. The lowest BCUT2D eigenvalue weighted by Gasteiger charge is -2.19. The molecule has 0 bridgehead atoms. The van der Waals surface area contributed by atoms with E-state index in [9.17, 15) is 9.90 Å². The van der Waals surface area contributed by atoms with Crippen molar-refractivity contribution in [3.05, 3.63) is 0 Å². The molecule has 0 fully saturated rings. The molecule has 0 heterocycles. The summed E-state index contributed by atoms with van der Waals surface area (Å²) >= 11 is 0. The number of hydrogen-bond acceptors (Lipinski definition) is 4. The Morgan fingerprint density at radius 3 is 1.85 bits per heavy atom. The first-order valence-corrected chi connectivity index (χ1v) is 10.7. The van der Waals surface area contributed by atoms with Gasteiger partial charge in [-0.25, -0.2) is 0 Å². The van der Waals surface area contributed by atoms with Crippen LogP contribution in [0.25, 0.3) is 0 Å². The van der Waals surface area contributed by atoms with Gasteiger partial charge in [0.1, 0.15) is 6.10 Å². The largest absolute Gasteiger partial charge is 0.481 e. The fourth-order valence-corrected chi connectivity index (χ4v) is 3.13. The van der Waals surface area contributed by atoms with Crippen LogP contribution in [0.5, 0.6) is 0 Å². The molecule has 0 amide bonds. The maximum atomic E-state index is 10.6. The van der Waals surface area contributed by atoms with Crippen LogP contribution >= 0.6 is 0 Å². The van der Waals surface area contributed by atoms with Crippen molar-refractivity contribution in [2.45, 2.75) is 115 Å². The van der Waals surface area contributed by atoms with Gasteiger partial charge in [0.2, 0.25) is 0 Å². The number of aliphatic hydroxyl groups is 2. The Bertz CT molecular complexity index is 309. The van der Waals surface area contributed by atoms with E-state index in [2.05, 4.69) is 6.92 Å². The van der Waals surface area contributed by atoms with Crippen molar-refractivity contribution < 1.29 is 24.9 Å². The molecular formula is C21H42O5. The van der Waals surface area contributed by atoms with Crippen LogP contribution in [0.1, 0.15) is 103 Å². The third-order valence-corrected chi connectivity index (χ3v) is 4.78. The van der Waals surface area contributed by atoms with Crippen molar-refractivity contribution >= 4 is 5.97 Å². The average molecular weight is 375 g/mol. The van der Waals surface area contributed by atoms with Gasteiger partial charge in [0.15, 0.2) is 0 Å². The van der Waals surface area contributed by atoms with Crippen LogP contribution in [0.2, 0.25) is 0 Å². The van der Waals surface area contributed by atoms with Crippen LogP contribution in [0.15, 0.2) is 0 Å². The van der Waals surface area contributed by atoms with Crippen LogP contribution in [0.4, 0.5) is 0 Å². The Morgan fingerprint density at radius 2 is 1.35 bits per heavy atom. The van der Waals surface area contributed by atoms with Gasteiger partial charge >= 0.3 is 5.97 Å². The van der Waals surface area contributed by atoms with E-state index in [1.807, 2.05) is 0 Å². The van der Waals surface area contributed by atoms with Crippen molar-refractivity contribution in [2.75, 3.05) is 13.2 Å². The average Bonchev–Trinajstić information content (AvgIpc) is 2.62. The Kier molecular flexibility index (Phi) is 18.6. The van der Waals surface area contributed by atoms with Crippen LogP contribution in [-0.4, -0.2) is 46.7 Å². The molecule has 0 radical (unpaired) electrons. The maximum absolute atomic E-state index is 10.6. The summed E-state index contributed by atoms with van der Waals surface area (Å²) in [5, 5.41) is 27.0. The molecule has 0 rings (SSSR count). The van der Waals surface area contributed by atoms with E-state index in [0.717, 1.165) is 12.8 Å². The predicted octanol–water partition coefficient (Wildman–Crippen LogP) is 4.68. The van der Waals surface area contributed by atoms with E-state index in [1.54, 1.807) is 0 Å². The SMILES string of the molecule is CCCCCCCCCCCCCC(CCCC(=O)O)OCC(O)CO. The zero-order valence-corrected chi connectivity index (χ0v) is 16.8. The molecule has 3 N–H and O–H groups in total. The minimum Gasteiger partial charge on any atom is -0.481 e. The summed E-state index contributed by atoms with van der Waals surface area (Å²) < 4.78 is 5.67. The Morgan fingerprint density at radius 1 is 0.846 bits per heavy atom. The van der Waals surface area contributed by atoms with Crippen LogP contribution in [-0.2, 0) is 9.53 Å². The number of hydrogen-bond donors (Lipinski definition) is 3. The second-order valence-corrected chi connectivity index (χ2v) is 7.40. The predicted molar refractivity (Wildman–Crippen MR) is 105 cm³/mol. The van der Waals surface area contributed by atoms with Gasteiger partial charge in [0, 0.05) is 6.42 Å². The molecule has 0 saturated heterocycles. The number of ether oxygens (including phenoxy) is 1. The lowest BCUT2D eigenvalue weighted by molar-refractivity contribution is -0.137. The summed E-state index contributed by atoms with van der Waals surface area (Å²) in [6.45, 7) is 2.06. The molecule has 5 nitrogen and oxygen atoms in total. The number of unbranched alkanes of at least 4 members (excludes halogenated alkanes) is 10. The van der Waals surface area contributed by atoms with Crippen molar-refractivity contribution in [3.63, 3.8) is 0 Å². The molecule has 0 aromatic rings. The van der Waals surface area contributed by atoms with Crippen LogP contribution in [0, 0.1) is 0 Å². The third kappa shape index (κ3) is 18.2. The molecule has 5 heteroatoms. The molecular weight excluding hydrogens is 332 g/mol. The zero-order valence-electron chi connectivity index (χ0n) is 16.8. The summed E-state index contributed by atoms with van der Waals surface area (Å²) in [6, 6.07) is 0. The van der Waals surface area contributed by atoms with Crippen molar-refractivity contribution in [3.8, 4) is 0 Å². The molecule has 0 saturated carbocycles. The van der Waals surface area contributed by atoms with E-state index < -0.39 is 12.1 Å². The van der Waals surface area contributed by atoms with E-state index in [0.29, 0.717) is 12.8 Å². The highest BCUT2D eigenvalue weighted by atomic mass is 16.5. The number of rotatable bonds is 20. The van der Waals surface area contributed by atoms with Crippen molar-refractivity contribution in [1.29, 1.82) is 0 Å². The summed E-state index contributed by atoms with van der Waals surface area (Å²) in [4.78, 5) is 10.6. The van der Waals surface area contributed by atoms with Gasteiger partial charge in [0.05, 0.1) is 19.3 Å². The van der Waals surface area contributed by atoms with E-state index >= 15 is 0 Å². The molecule has 0 aliphatic rings. The molecule has 2 unspecified atom stereocenters. The highest BCUT2D eigenvalue weighted by Gasteiger charge is 2.12. The summed E-state index contributed by atoms with van der Waals surface area (Å²) in [7, 11) is 0. The van der Waals surface area contributed by atoms with E-state index in [1.165, 1.54) is 64.2 Å². The number of carboxylic acid groups (broad SMARTS) is 1. The van der Waals surface area contributed by atoms with E-state index in [-0.39, 0.29) is 25.7 Å². The van der Waals surface area contributed by atoms with E-state index in [4.69, 9.17) is 14.9 Å². The lowest BCUT2D eigenvalue weighted by Crippen LogP contribution is -2.24. The van der Waals surface area contributed by atoms with Crippen LogP contribution < -0.4 is 0 Å². The second-order valence-electron chi connectivity index (χ2n) is 7.40. The number of carbonyl (C=O) groups is 1. The Labute approximate surface area is 160 Å². The van der Waals surface area contributed by atoms with Gasteiger partial charge in [0.25, 0.3) is 0 Å². The Balaban J connectivity index is 3.68. The Hall–Kier alpha value is -0.650. The fraction of sp³-hybridized carbons (Fsp3) is 0.952. The molecule has 2 atom stereocenters. The lowest BCUT2D eigenvalue weighted by atomic mass is 10.0. The summed E-state index contributed by atoms with van der Waals surface area (Å²) in [6.07, 6.45) is 15.7. The van der Waals surface area contributed by atoms with Gasteiger partial charge in [-0.15, -0.1) is 0 Å². The van der Waals surface area contributed by atoms with Gasteiger partial charge in [-0.1, -0.05) is 77.6 Å². The molecule has 0 aliphatic heterocycles. The minimum absolute atomic E-state index is 0.0193. The van der Waals surface area contributed by atoms with Gasteiger partial charge in [-0.2, -0.15) is 0 Å². The maximum Gasteiger partial charge on any atom is 0.303 e. The fourth-order valence-electron chi connectivity index (χ4n) is 3.13. The number of carboxylic acids is 1. The highest BCUT2D eigenvalue weighted by Crippen LogP contribution is 2.16. The first-order valence-electron chi connectivity index (χ1n) is 10.7. The highest BCUT2D eigenvalue weighted by molar-refractivity contribution is 5.66. The van der Waals surface area contributed by atoms with Gasteiger partial charge in [-0.05, 0) is 19.3 Å². The number of aliphatic hydroxyl groups excluding tert-OH is 2. The van der Waals surface area contributed by atoms with Crippen LogP contribution in [0.3, 0.4) is 0 Å². The van der Waals surface area contributed by atoms with Gasteiger partial charge in [-0.3, -0.25) is 4.79 Å². The smallest absolute Gasteiger partial charge is 0.303 e. The second kappa shape index (κ2) is 19.1. The summed E-state index contributed by atoms with van der Waals surface area (Å²) in [5.41, 5.74) is 0. The monoisotopic (exact) mass is 374 g/mol. The summed E-state index contributed by atoms with van der Waals surface area (Å²) in [5.74, 6) is -0.783. The molecule has 0 spiro atoms. The first-order chi connectivity index (χ1) is 12.6. The zero-order chi connectivity index (χ0) is 19.5. The standard InChI is InChI=1S/C21H42O5/c1-2-3-4-5-6-7-8-9-10-11-12-14-20(15-13-16-21(24)25)26-18-19(23)17-22/h19-20,22-23H,2-18H2,1H3,(H,24,25). The topological polar surface area (TPSA) is 87.0 Å². The molecule has 0 aromatic carbocycles. The minimum atomic E-state index is -0.852. The van der Waals surface area contributed by atoms with Crippen molar-refractivity contribution in [2.24, 2.45) is 0 Å². The number of aliphatic carboxylic acids is 1. The van der Waals surface area contributed by atoms with Crippen molar-refractivity contribution in [1.82, 2.24) is 0 Å². The quantitative estimate of drug-likeness (QED) is 0.269. The third-order valence-electron chi connectivity index (χ3n) is 4.78. The normalized spacial score (nSPS) is 13.7.